The number of carbonyl (C=O) groups is 2. The number of hydrogen-bond donors (Lipinski definition) is 0. The molecule has 7 heteroatoms. The van der Waals surface area contributed by atoms with E-state index in [2.05, 4.69) is 40.4 Å². The average molecular weight is 374 g/mol. The smallest absolute Gasteiger partial charge is 0.325 e. The number of carbonyl (C=O) groups excluding carboxylic acids is 2. The SMILES string of the molecule is C=CCOC(=O)CN1C(=O)[C@H]([C@@H](C)O[Si](C)(C)C(C)(C)C)[C@H]1SC. The van der Waals surface area contributed by atoms with Crippen molar-refractivity contribution in [2.45, 2.75) is 57.3 Å². The molecule has 0 unspecified atom stereocenters. The molecule has 1 aliphatic rings. The first-order valence-corrected chi connectivity index (χ1v) is 12.4. The second kappa shape index (κ2) is 8.06. The Morgan fingerprint density at radius 1 is 1.46 bits per heavy atom. The van der Waals surface area contributed by atoms with Crippen LogP contribution in [0.25, 0.3) is 0 Å². The zero-order chi connectivity index (χ0) is 18.7. The Kier molecular flexibility index (Phi) is 7.13. The molecule has 0 aliphatic carbocycles. The predicted octanol–water partition coefficient (Wildman–Crippen LogP) is 3.27. The Morgan fingerprint density at radius 2 is 2.04 bits per heavy atom. The molecule has 1 heterocycles. The van der Waals surface area contributed by atoms with E-state index in [1.54, 1.807) is 16.7 Å². The largest absolute Gasteiger partial charge is 0.460 e. The van der Waals surface area contributed by atoms with Crippen LogP contribution < -0.4 is 0 Å². The fourth-order valence-corrected chi connectivity index (χ4v) is 4.97. The van der Waals surface area contributed by atoms with Gasteiger partial charge in [-0.2, -0.15) is 0 Å². The van der Waals surface area contributed by atoms with E-state index in [9.17, 15) is 9.59 Å². The van der Waals surface area contributed by atoms with E-state index in [0.29, 0.717) is 0 Å². The van der Waals surface area contributed by atoms with Crippen LogP contribution in [0.3, 0.4) is 0 Å². The summed E-state index contributed by atoms with van der Waals surface area (Å²) in [6.45, 7) is 16.6. The molecular weight excluding hydrogens is 342 g/mol. The van der Waals surface area contributed by atoms with Crippen LogP contribution >= 0.6 is 11.8 Å². The average Bonchev–Trinajstić information content (AvgIpc) is 2.45. The van der Waals surface area contributed by atoms with Gasteiger partial charge in [-0.3, -0.25) is 9.59 Å². The highest BCUT2D eigenvalue weighted by Gasteiger charge is 2.52. The van der Waals surface area contributed by atoms with Crippen LogP contribution in [0.1, 0.15) is 27.7 Å². The molecular formula is C17H31NO4SSi. The van der Waals surface area contributed by atoms with E-state index >= 15 is 0 Å². The summed E-state index contributed by atoms with van der Waals surface area (Å²) in [5.74, 6) is -0.642. The number of esters is 1. The van der Waals surface area contributed by atoms with Crippen LogP contribution in [0.15, 0.2) is 12.7 Å². The summed E-state index contributed by atoms with van der Waals surface area (Å²) in [7, 11) is -1.94. The fraction of sp³-hybridized carbons (Fsp3) is 0.765. The summed E-state index contributed by atoms with van der Waals surface area (Å²) < 4.78 is 11.4. The highest BCUT2D eigenvalue weighted by Crippen LogP contribution is 2.42. The zero-order valence-corrected chi connectivity index (χ0v) is 17.7. The van der Waals surface area contributed by atoms with Gasteiger partial charge in [0.1, 0.15) is 13.2 Å². The van der Waals surface area contributed by atoms with E-state index in [1.807, 2.05) is 13.2 Å². The minimum atomic E-state index is -1.94. The van der Waals surface area contributed by atoms with Crippen molar-refractivity contribution in [2.75, 3.05) is 19.4 Å². The molecule has 1 amide bonds. The first kappa shape index (κ1) is 21.2. The van der Waals surface area contributed by atoms with Gasteiger partial charge in [0.25, 0.3) is 0 Å². The first-order chi connectivity index (χ1) is 11.0. The van der Waals surface area contributed by atoms with Crippen LogP contribution in [0.2, 0.25) is 18.1 Å². The van der Waals surface area contributed by atoms with Crippen molar-refractivity contribution in [3.63, 3.8) is 0 Å². The molecule has 0 aromatic heterocycles. The van der Waals surface area contributed by atoms with E-state index in [-0.39, 0.29) is 41.5 Å². The molecule has 1 rings (SSSR count). The fourth-order valence-electron chi connectivity index (χ4n) is 2.48. The molecule has 1 fully saturated rings. The number of amides is 1. The number of rotatable bonds is 8. The van der Waals surface area contributed by atoms with Gasteiger partial charge in [0.15, 0.2) is 8.32 Å². The number of hydrogen-bond acceptors (Lipinski definition) is 5. The Hall–Kier alpha value is -0.793. The highest BCUT2D eigenvalue weighted by atomic mass is 32.2. The molecule has 0 bridgehead atoms. The molecule has 0 saturated carbocycles. The van der Waals surface area contributed by atoms with Crippen molar-refractivity contribution in [3.05, 3.63) is 12.7 Å². The summed E-state index contributed by atoms with van der Waals surface area (Å²) in [5, 5.41) is 0.0467. The summed E-state index contributed by atoms with van der Waals surface area (Å²) >= 11 is 1.57. The minimum Gasteiger partial charge on any atom is -0.460 e. The lowest BCUT2D eigenvalue weighted by molar-refractivity contribution is -0.163. The third-order valence-electron chi connectivity index (χ3n) is 4.88. The molecule has 138 valence electrons. The van der Waals surface area contributed by atoms with Crippen LogP contribution in [-0.2, 0) is 18.8 Å². The van der Waals surface area contributed by atoms with E-state index in [4.69, 9.17) is 9.16 Å². The van der Waals surface area contributed by atoms with Crippen molar-refractivity contribution in [2.24, 2.45) is 5.92 Å². The van der Waals surface area contributed by atoms with Gasteiger partial charge in [0, 0.05) is 0 Å². The van der Waals surface area contributed by atoms with Crippen LogP contribution in [-0.4, -0.2) is 56.0 Å². The molecule has 0 spiro atoms. The van der Waals surface area contributed by atoms with E-state index in [1.165, 1.54) is 6.08 Å². The molecule has 1 saturated heterocycles. The van der Waals surface area contributed by atoms with Gasteiger partial charge >= 0.3 is 5.97 Å². The number of ether oxygens (including phenoxy) is 1. The van der Waals surface area contributed by atoms with Crippen LogP contribution in [0, 0.1) is 5.92 Å². The molecule has 0 aromatic carbocycles. The standard InChI is InChI=1S/C17H31NO4SSi/c1-9-10-21-13(19)11-18-15(20)14(16(18)23-6)12(2)22-24(7,8)17(3,4)5/h9,12,14,16H,1,10-11H2,2-8H3/t12-,14+,16-/m1/s1. The third-order valence-corrected chi connectivity index (χ3v) is 10.5. The third kappa shape index (κ3) is 4.64. The van der Waals surface area contributed by atoms with E-state index < -0.39 is 14.3 Å². The van der Waals surface area contributed by atoms with Gasteiger partial charge in [0.2, 0.25) is 5.91 Å². The van der Waals surface area contributed by atoms with Crippen molar-refractivity contribution in [3.8, 4) is 0 Å². The van der Waals surface area contributed by atoms with Crippen molar-refractivity contribution in [1.29, 1.82) is 0 Å². The minimum absolute atomic E-state index is 0.0124. The summed E-state index contributed by atoms with van der Waals surface area (Å²) in [5.41, 5.74) is 0. The normalized spacial score (nSPS) is 22.8. The van der Waals surface area contributed by atoms with Gasteiger partial charge in [-0.05, 0) is 31.3 Å². The maximum Gasteiger partial charge on any atom is 0.325 e. The monoisotopic (exact) mass is 373 g/mol. The molecule has 0 aromatic rings. The first-order valence-electron chi connectivity index (χ1n) is 8.24. The Balaban J connectivity index is 2.72. The second-order valence-electron chi connectivity index (χ2n) is 7.67. The molecule has 24 heavy (non-hydrogen) atoms. The molecule has 5 nitrogen and oxygen atoms in total. The van der Waals surface area contributed by atoms with Gasteiger partial charge < -0.3 is 14.1 Å². The van der Waals surface area contributed by atoms with Gasteiger partial charge in [-0.15, -0.1) is 11.8 Å². The molecule has 3 atom stereocenters. The number of thioether (sulfide) groups is 1. The quantitative estimate of drug-likeness (QED) is 0.283. The zero-order valence-electron chi connectivity index (χ0n) is 15.9. The van der Waals surface area contributed by atoms with Crippen molar-refractivity contribution >= 4 is 32.0 Å². The lowest BCUT2D eigenvalue weighted by atomic mass is 9.93. The highest BCUT2D eigenvalue weighted by molar-refractivity contribution is 7.99. The summed E-state index contributed by atoms with van der Waals surface area (Å²) in [6.07, 6.45) is 3.31. The van der Waals surface area contributed by atoms with Crippen LogP contribution in [0.5, 0.6) is 0 Å². The second-order valence-corrected chi connectivity index (χ2v) is 13.4. The molecule has 1 aliphatic heterocycles. The molecule has 0 N–H and O–H groups in total. The number of likely N-dealkylation sites (tertiary alicyclic amines) is 1. The topological polar surface area (TPSA) is 55.8 Å². The lowest BCUT2D eigenvalue weighted by Gasteiger charge is -2.50. The summed E-state index contributed by atoms with van der Waals surface area (Å²) in [6, 6.07) is 0. The predicted molar refractivity (Wildman–Crippen MR) is 101 cm³/mol. The van der Waals surface area contributed by atoms with Gasteiger partial charge in [-0.1, -0.05) is 33.4 Å². The number of β-lactam (4-membered cyclic amide) rings is 1. The Bertz CT molecular complexity index is 489. The van der Waals surface area contributed by atoms with Crippen LogP contribution in [0.4, 0.5) is 0 Å². The maximum atomic E-state index is 12.5. The Morgan fingerprint density at radius 3 is 2.50 bits per heavy atom. The van der Waals surface area contributed by atoms with Crippen molar-refractivity contribution in [1.82, 2.24) is 4.90 Å². The van der Waals surface area contributed by atoms with Crippen molar-refractivity contribution < 1.29 is 18.8 Å². The van der Waals surface area contributed by atoms with E-state index in [0.717, 1.165) is 0 Å². The summed E-state index contributed by atoms with van der Waals surface area (Å²) in [4.78, 5) is 25.9. The Labute approximate surface area is 151 Å². The number of nitrogens with zero attached hydrogens (tertiary/aromatic N) is 1. The van der Waals surface area contributed by atoms with Gasteiger partial charge in [-0.25, -0.2) is 0 Å². The lowest BCUT2D eigenvalue weighted by Crippen LogP contribution is -2.65. The molecule has 0 radical (unpaired) electrons. The maximum absolute atomic E-state index is 12.5. The van der Waals surface area contributed by atoms with Gasteiger partial charge in [0.05, 0.1) is 17.4 Å².